The van der Waals surface area contributed by atoms with Crippen LogP contribution in [0, 0.1) is 0 Å². The van der Waals surface area contributed by atoms with Gasteiger partial charge in [0.05, 0.1) is 25.1 Å². The van der Waals surface area contributed by atoms with Crippen LogP contribution in [-0.2, 0) is 4.79 Å². The van der Waals surface area contributed by atoms with Crippen LogP contribution in [0.2, 0.25) is 0 Å². The molecule has 0 fully saturated rings. The van der Waals surface area contributed by atoms with E-state index >= 15 is 0 Å². The molecule has 2 aromatic carbocycles. The van der Waals surface area contributed by atoms with Gasteiger partial charge in [0, 0.05) is 5.56 Å². The number of hydrogen-bond donors (Lipinski definition) is 2. The second kappa shape index (κ2) is 7.57. The van der Waals surface area contributed by atoms with Gasteiger partial charge in [0.15, 0.2) is 11.5 Å². The maximum absolute atomic E-state index is 12.0. The summed E-state index contributed by atoms with van der Waals surface area (Å²) in [4.78, 5) is 12.0. The van der Waals surface area contributed by atoms with Gasteiger partial charge in [0.25, 0.3) is 5.91 Å². The number of amides is 1. The highest BCUT2D eigenvalue weighted by Gasteiger charge is 2.14. The first-order chi connectivity index (χ1) is 12.2. The topological polar surface area (TPSA) is 81.2 Å². The number of hydrazone groups is 1. The Balaban J connectivity index is 1.56. The molecule has 0 saturated carbocycles. The average molecular weight is 341 g/mol. The van der Waals surface area contributed by atoms with Crippen LogP contribution in [0.1, 0.15) is 12.5 Å². The second-order valence-corrected chi connectivity index (χ2v) is 5.35. The highest BCUT2D eigenvalue weighted by molar-refractivity contribution is 6.00. The number of benzene rings is 2. The van der Waals surface area contributed by atoms with Crippen molar-refractivity contribution < 1.29 is 19.0 Å². The van der Waals surface area contributed by atoms with E-state index in [4.69, 9.17) is 14.2 Å². The fourth-order valence-corrected chi connectivity index (χ4v) is 2.34. The van der Waals surface area contributed by atoms with E-state index in [9.17, 15) is 4.79 Å². The standard InChI is InChI=1S/C18H19N3O4/c1-12(13-7-8-16-17(9-13)25-11-24-16)20-21-18(22)10-19-14-5-3-4-6-15(14)23-2/h3-9,19H,10-11H2,1-2H3,(H,21,22)/b20-12+. The summed E-state index contributed by atoms with van der Waals surface area (Å²) in [5.74, 6) is 1.80. The van der Waals surface area contributed by atoms with Gasteiger partial charge in [-0.2, -0.15) is 5.10 Å². The molecule has 25 heavy (non-hydrogen) atoms. The SMILES string of the molecule is COc1ccccc1NCC(=O)N/N=C(\C)c1ccc2c(c1)OCO2. The molecule has 1 heterocycles. The van der Waals surface area contributed by atoms with Crippen molar-refractivity contribution in [3.05, 3.63) is 48.0 Å². The van der Waals surface area contributed by atoms with Gasteiger partial charge in [-0.3, -0.25) is 4.79 Å². The Morgan fingerprint density at radius 2 is 2.00 bits per heavy atom. The van der Waals surface area contributed by atoms with E-state index in [1.807, 2.05) is 49.4 Å². The van der Waals surface area contributed by atoms with Crippen molar-refractivity contribution in [2.24, 2.45) is 5.10 Å². The molecule has 0 unspecified atom stereocenters. The van der Waals surface area contributed by atoms with E-state index in [1.165, 1.54) is 0 Å². The fourth-order valence-electron chi connectivity index (χ4n) is 2.34. The lowest BCUT2D eigenvalue weighted by atomic mass is 10.1. The highest BCUT2D eigenvalue weighted by Crippen LogP contribution is 2.32. The predicted octanol–water partition coefficient (Wildman–Crippen LogP) is 2.38. The molecule has 1 aliphatic heterocycles. The quantitative estimate of drug-likeness (QED) is 0.623. The minimum atomic E-state index is -0.258. The van der Waals surface area contributed by atoms with Crippen LogP contribution in [0.3, 0.4) is 0 Å². The Kier molecular flexibility index (Phi) is 5.03. The summed E-state index contributed by atoms with van der Waals surface area (Å²) < 4.78 is 15.8. The van der Waals surface area contributed by atoms with Gasteiger partial charge in [-0.1, -0.05) is 12.1 Å². The predicted molar refractivity (Wildman–Crippen MR) is 94.4 cm³/mol. The van der Waals surface area contributed by atoms with Gasteiger partial charge >= 0.3 is 0 Å². The molecule has 7 heteroatoms. The molecule has 0 spiro atoms. The number of fused-ring (bicyclic) bond motifs is 1. The molecule has 1 amide bonds. The van der Waals surface area contributed by atoms with E-state index in [0.717, 1.165) is 11.3 Å². The molecule has 1 aliphatic rings. The Hall–Kier alpha value is -3.22. The van der Waals surface area contributed by atoms with Crippen molar-refractivity contribution in [3.8, 4) is 17.2 Å². The molecule has 7 nitrogen and oxygen atoms in total. The van der Waals surface area contributed by atoms with Crippen molar-refractivity contribution in [2.45, 2.75) is 6.92 Å². The number of rotatable bonds is 6. The van der Waals surface area contributed by atoms with Crippen LogP contribution >= 0.6 is 0 Å². The monoisotopic (exact) mass is 341 g/mol. The Morgan fingerprint density at radius 3 is 2.84 bits per heavy atom. The van der Waals surface area contributed by atoms with Crippen molar-refractivity contribution in [1.82, 2.24) is 5.43 Å². The number of nitrogens with one attached hydrogen (secondary N) is 2. The van der Waals surface area contributed by atoms with Crippen LogP contribution in [0.25, 0.3) is 0 Å². The van der Waals surface area contributed by atoms with Crippen molar-refractivity contribution >= 4 is 17.3 Å². The summed E-state index contributed by atoms with van der Waals surface area (Å²) in [6.45, 7) is 2.12. The molecule has 0 saturated heterocycles. The Morgan fingerprint density at radius 1 is 1.20 bits per heavy atom. The lowest BCUT2D eigenvalue weighted by Crippen LogP contribution is -2.26. The second-order valence-electron chi connectivity index (χ2n) is 5.35. The number of nitrogens with zero attached hydrogens (tertiary/aromatic N) is 1. The van der Waals surface area contributed by atoms with E-state index in [2.05, 4.69) is 15.8 Å². The summed E-state index contributed by atoms with van der Waals surface area (Å²) in [5, 5.41) is 7.14. The largest absolute Gasteiger partial charge is 0.495 e. The first kappa shape index (κ1) is 16.6. The zero-order chi connectivity index (χ0) is 17.6. The average Bonchev–Trinajstić information content (AvgIpc) is 3.12. The molecule has 0 aliphatic carbocycles. The van der Waals surface area contributed by atoms with Gasteiger partial charge in [-0.05, 0) is 37.3 Å². The Labute approximate surface area is 145 Å². The molecular weight excluding hydrogens is 322 g/mol. The van der Waals surface area contributed by atoms with Gasteiger partial charge in [-0.15, -0.1) is 0 Å². The first-order valence-electron chi connectivity index (χ1n) is 7.77. The smallest absolute Gasteiger partial charge is 0.259 e. The summed E-state index contributed by atoms with van der Waals surface area (Å²) >= 11 is 0. The maximum atomic E-state index is 12.0. The molecule has 3 rings (SSSR count). The lowest BCUT2D eigenvalue weighted by Gasteiger charge is -2.10. The van der Waals surface area contributed by atoms with Crippen LogP contribution in [-0.4, -0.2) is 32.1 Å². The van der Waals surface area contributed by atoms with Crippen LogP contribution in [0.4, 0.5) is 5.69 Å². The van der Waals surface area contributed by atoms with Crippen LogP contribution in [0.5, 0.6) is 17.2 Å². The van der Waals surface area contributed by atoms with E-state index < -0.39 is 0 Å². The minimum absolute atomic E-state index is 0.0816. The minimum Gasteiger partial charge on any atom is -0.495 e. The normalized spacial score (nSPS) is 12.6. The summed E-state index contributed by atoms with van der Waals surface area (Å²) in [6.07, 6.45) is 0. The number of hydrogen-bond acceptors (Lipinski definition) is 6. The van der Waals surface area contributed by atoms with Gasteiger partial charge in [0.2, 0.25) is 6.79 Å². The van der Waals surface area contributed by atoms with Gasteiger partial charge < -0.3 is 19.5 Å². The molecule has 2 N–H and O–H groups in total. The number of ether oxygens (including phenoxy) is 3. The third kappa shape index (κ3) is 4.00. The maximum Gasteiger partial charge on any atom is 0.259 e. The molecule has 0 atom stereocenters. The first-order valence-corrected chi connectivity index (χ1v) is 7.77. The van der Waals surface area contributed by atoms with Crippen molar-refractivity contribution in [3.63, 3.8) is 0 Å². The molecular formula is C18H19N3O4. The third-order valence-corrected chi connectivity index (χ3v) is 3.69. The summed E-state index contributed by atoms with van der Waals surface area (Å²) in [7, 11) is 1.58. The van der Waals surface area contributed by atoms with Crippen molar-refractivity contribution in [1.29, 1.82) is 0 Å². The number of para-hydroxylation sites is 2. The molecule has 0 radical (unpaired) electrons. The molecule has 0 aromatic heterocycles. The number of anilines is 1. The number of carbonyl (C=O) groups excluding carboxylic acids is 1. The molecule has 130 valence electrons. The lowest BCUT2D eigenvalue weighted by molar-refractivity contribution is -0.119. The van der Waals surface area contributed by atoms with Crippen LogP contribution in [0.15, 0.2) is 47.6 Å². The van der Waals surface area contributed by atoms with E-state index in [-0.39, 0.29) is 19.2 Å². The van der Waals surface area contributed by atoms with Crippen LogP contribution < -0.4 is 25.0 Å². The summed E-state index contributed by atoms with van der Waals surface area (Å²) in [5.41, 5.74) is 4.80. The zero-order valence-electron chi connectivity index (χ0n) is 14.0. The molecule has 0 bridgehead atoms. The van der Waals surface area contributed by atoms with Gasteiger partial charge in [-0.25, -0.2) is 5.43 Å². The fraction of sp³-hybridized carbons (Fsp3) is 0.222. The highest BCUT2D eigenvalue weighted by atomic mass is 16.7. The zero-order valence-corrected chi connectivity index (χ0v) is 14.0. The third-order valence-electron chi connectivity index (χ3n) is 3.69. The van der Waals surface area contributed by atoms with E-state index in [0.29, 0.717) is 23.0 Å². The van der Waals surface area contributed by atoms with Crippen molar-refractivity contribution in [2.75, 3.05) is 25.8 Å². The van der Waals surface area contributed by atoms with E-state index in [1.54, 1.807) is 7.11 Å². The number of carbonyl (C=O) groups is 1. The number of methoxy groups -OCH3 is 1. The molecule has 2 aromatic rings. The summed E-state index contributed by atoms with van der Waals surface area (Å²) in [6, 6.07) is 12.9. The van der Waals surface area contributed by atoms with Gasteiger partial charge in [0.1, 0.15) is 5.75 Å². The Bertz CT molecular complexity index is 805.